The van der Waals surface area contributed by atoms with E-state index in [1.54, 1.807) is 11.3 Å². The van der Waals surface area contributed by atoms with Gasteiger partial charge in [0.25, 0.3) is 0 Å². The molecule has 0 radical (unpaired) electrons. The lowest BCUT2D eigenvalue weighted by Crippen LogP contribution is -2.42. The van der Waals surface area contributed by atoms with E-state index in [0.29, 0.717) is 5.95 Å². The number of rotatable bonds is 3. The molecule has 0 atom stereocenters. The van der Waals surface area contributed by atoms with Crippen LogP contribution in [0.1, 0.15) is 26.2 Å². The molecular formula is C12H16N4S. The van der Waals surface area contributed by atoms with Gasteiger partial charge in [0, 0.05) is 12.6 Å². The van der Waals surface area contributed by atoms with Crippen molar-refractivity contribution in [2.24, 2.45) is 0 Å². The van der Waals surface area contributed by atoms with Crippen LogP contribution in [0, 0.1) is 0 Å². The molecule has 0 bridgehead atoms. The summed E-state index contributed by atoms with van der Waals surface area (Å²) in [6.45, 7) is 2.26. The first-order chi connectivity index (χ1) is 8.20. The van der Waals surface area contributed by atoms with Gasteiger partial charge < -0.3 is 10.6 Å². The summed E-state index contributed by atoms with van der Waals surface area (Å²) in [5, 5.41) is 9.78. The highest BCUT2D eigenvalue weighted by Gasteiger charge is 2.32. The summed E-state index contributed by atoms with van der Waals surface area (Å²) in [7, 11) is 1.85. The smallest absolute Gasteiger partial charge is 0.225 e. The molecule has 0 saturated heterocycles. The highest BCUT2D eigenvalue weighted by molar-refractivity contribution is 7.16. The van der Waals surface area contributed by atoms with E-state index < -0.39 is 0 Å². The minimum absolute atomic E-state index is 0.216. The van der Waals surface area contributed by atoms with Crippen LogP contribution in [-0.4, -0.2) is 22.6 Å². The molecule has 4 nitrogen and oxygen atoms in total. The Bertz CT molecular complexity index is 544. The topological polar surface area (TPSA) is 49.8 Å². The average molecular weight is 248 g/mol. The van der Waals surface area contributed by atoms with Gasteiger partial charge in [-0.2, -0.15) is 4.98 Å². The third-order valence-corrected chi connectivity index (χ3v) is 4.23. The lowest BCUT2D eigenvalue weighted by Gasteiger charge is -2.39. The summed E-state index contributed by atoms with van der Waals surface area (Å²) in [6, 6.07) is 2.09. The zero-order valence-corrected chi connectivity index (χ0v) is 10.9. The largest absolute Gasteiger partial charge is 0.364 e. The number of nitrogens with zero attached hydrogens (tertiary/aromatic N) is 2. The second-order valence-corrected chi connectivity index (χ2v) is 5.72. The van der Waals surface area contributed by atoms with Crippen LogP contribution in [0.3, 0.4) is 0 Å². The molecule has 90 valence electrons. The molecular weight excluding hydrogens is 232 g/mol. The van der Waals surface area contributed by atoms with Crippen molar-refractivity contribution in [3.63, 3.8) is 0 Å². The van der Waals surface area contributed by atoms with E-state index in [4.69, 9.17) is 0 Å². The number of hydrogen-bond acceptors (Lipinski definition) is 5. The fraction of sp³-hybridized carbons (Fsp3) is 0.500. The molecule has 2 aromatic heterocycles. The Morgan fingerprint density at radius 2 is 2.18 bits per heavy atom. The molecule has 1 aliphatic rings. The van der Waals surface area contributed by atoms with Crippen LogP contribution in [0.25, 0.3) is 10.2 Å². The molecule has 0 aliphatic heterocycles. The number of fused-ring (bicyclic) bond motifs is 1. The van der Waals surface area contributed by atoms with Crippen LogP contribution in [0.4, 0.5) is 11.8 Å². The van der Waals surface area contributed by atoms with Crippen LogP contribution in [0.5, 0.6) is 0 Å². The zero-order valence-electron chi connectivity index (χ0n) is 10.1. The van der Waals surface area contributed by atoms with Crippen molar-refractivity contribution < 1.29 is 0 Å². The van der Waals surface area contributed by atoms with Crippen molar-refractivity contribution >= 4 is 33.3 Å². The molecule has 2 aromatic rings. The molecule has 5 heteroatoms. The van der Waals surface area contributed by atoms with Crippen LogP contribution in [0.15, 0.2) is 11.4 Å². The molecule has 1 fully saturated rings. The standard InChI is InChI=1S/C12H16N4S/c1-12(5-3-6-12)16-9-8-4-7-17-10(8)15-11(13-2)14-9/h4,7H,3,5-6H2,1-2H3,(H2,13,14,15,16). The fourth-order valence-corrected chi connectivity index (χ4v) is 2.94. The Labute approximate surface area is 104 Å². The van der Waals surface area contributed by atoms with Gasteiger partial charge in [-0.3, -0.25) is 0 Å². The second kappa shape index (κ2) is 3.84. The summed E-state index contributed by atoms with van der Waals surface area (Å²) in [5.41, 5.74) is 0.216. The molecule has 1 saturated carbocycles. The number of hydrogen-bond donors (Lipinski definition) is 2. The van der Waals surface area contributed by atoms with Gasteiger partial charge in [-0.1, -0.05) is 0 Å². The molecule has 2 N–H and O–H groups in total. The predicted octanol–water partition coefficient (Wildman–Crippen LogP) is 3.09. The summed E-state index contributed by atoms with van der Waals surface area (Å²) < 4.78 is 0. The first-order valence-electron chi connectivity index (χ1n) is 5.91. The zero-order chi connectivity index (χ0) is 11.9. The van der Waals surface area contributed by atoms with Crippen molar-refractivity contribution in [3.8, 4) is 0 Å². The van der Waals surface area contributed by atoms with Gasteiger partial charge in [0.05, 0.1) is 5.39 Å². The van der Waals surface area contributed by atoms with Crippen LogP contribution in [-0.2, 0) is 0 Å². The highest BCUT2D eigenvalue weighted by atomic mass is 32.1. The number of anilines is 2. The van der Waals surface area contributed by atoms with E-state index in [1.165, 1.54) is 19.3 Å². The van der Waals surface area contributed by atoms with Crippen molar-refractivity contribution in [1.82, 2.24) is 9.97 Å². The van der Waals surface area contributed by atoms with Gasteiger partial charge in [0.2, 0.25) is 5.95 Å². The van der Waals surface area contributed by atoms with E-state index in [9.17, 15) is 0 Å². The molecule has 0 unspecified atom stereocenters. The molecule has 0 aromatic carbocycles. The molecule has 1 aliphatic carbocycles. The summed E-state index contributed by atoms with van der Waals surface area (Å²) >= 11 is 1.65. The Kier molecular flexibility index (Phi) is 2.43. The third kappa shape index (κ3) is 1.84. The Balaban J connectivity index is 2.03. The molecule has 17 heavy (non-hydrogen) atoms. The molecule has 2 heterocycles. The lowest BCUT2D eigenvalue weighted by atomic mass is 9.78. The summed E-state index contributed by atoms with van der Waals surface area (Å²) in [4.78, 5) is 10.0. The molecule has 0 spiro atoms. The maximum atomic E-state index is 4.53. The van der Waals surface area contributed by atoms with Crippen LogP contribution >= 0.6 is 11.3 Å². The first-order valence-corrected chi connectivity index (χ1v) is 6.79. The average Bonchev–Trinajstić information content (AvgIpc) is 2.75. The van der Waals surface area contributed by atoms with Crippen molar-refractivity contribution in [2.75, 3.05) is 17.7 Å². The fourth-order valence-electron chi connectivity index (χ4n) is 2.18. The first kappa shape index (κ1) is 10.8. The normalized spacial score (nSPS) is 17.8. The maximum absolute atomic E-state index is 4.53. The van der Waals surface area contributed by atoms with Gasteiger partial charge in [-0.25, -0.2) is 4.98 Å². The monoisotopic (exact) mass is 248 g/mol. The Hall–Kier alpha value is -1.36. The van der Waals surface area contributed by atoms with E-state index in [2.05, 4.69) is 39.0 Å². The van der Waals surface area contributed by atoms with Gasteiger partial charge in [-0.15, -0.1) is 11.3 Å². The van der Waals surface area contributed by atoms with E-state index in [-0.39, 0.29) is 5.54 Å². The summed E-state index contributed by atoms with van der Waals surface area (Å²) in [6.07, 6.45) is 3.75. The summed E-state index contributed by atoms with van der Waals surface area (Å²) in [5.74, 6) is 1.65. The van der Waals surface area contributed by atoms with Crippen LogP contribution < -0.4 is 10.6 Å². The Morgan fingerprint density at radius 1 is 1.35 bits per heavy atom. The van der Waals surface area contributed by atoms with Crippen molar-refractivity contribution in [1.29, 1.82) is 0 Å². The van der Waals surface area contributed by atoms with Gasteiger partial charge >= 0.3 is 0 Å². The predicted molar refractivity (Wildman–Crippen MR) is 72.8 cm³/mol. The van der Waals surface area contributed by atoms with Gasteiger partial charge in [0.15, 0.2) is 0 Å². The van der Waals surface area contributed by atoms with E-state index >= 15 is 0 Å². The number of nitrogens with one attached hydrogen (secondary N) is 2. The minimum Gasteiger partial charge on any atom is -0.364 e. The van der Waals surface area contributed by atoms with Gasteiger partial charge in [-0.05, 0) is 37.6 Å². The highest BCUT2D eigenvalue weighted by Crippen LogP contribution is 2.36. The van der Waals surface area contributed by atoms with E-state index in [0.717, 1.165) is 16.0 Å². The maximum Gasteiger partial charge on any atom is 0.225 e. The van der Waals surface area contributed by atoms with E-state index in [1.807, 2.05) is 7.05 Å². The Morgan fingerprint density at radius 3 is 2.82 bits per heavy atom. The minimum atomic E-state index is 0.216. The quantitative estimate of drug-likeness (QED) is 0.876. The molecule has 0 amide bonds. The SMILES string of the molecule is CNc1nc(NC2(C)CCC2)c2ccsc2n1. The molecule has 3 rings (SSSR count). The third-order valence-electron chi connectivity index (χ3n) is 3.43. The van der Waals surface area contributed by atoms with Crippen molar-refractivity contribution in [3.05, 3.63) is 11.4 Å². The van der Waals surface area contributed by atoms with Crippen LogP contribution in [0.2, 0.25) is 0 Å². The second-order valence-electron chi connectivity index (χ2n) is 4.82. The van der Waals surface area contributed by atoms with Crippen molar-refractivity contribution in [2.45, 2.75) is 31.7 Å². The number of thiophene rings is 1. The van der Waals surface area contributed by atoms with Gasteiger partial charge in [0.1, 0.15) is 10.6 Å². The lowest BCUT2D eigenvalue weighted by molar-refractivity contribution is 0.306. The number of aromatic nitrogens is 2.